The van der Waals surface area contributed by atoms with Crippen LogP contribution in [0.2, 0.25) is 0 Å². The van der Waals surface area contributed by atoms with Crippen LogP contribution in [0.3, 0.4) is 0 Å². The molecule has 1 heterocycles. The van der Waals surface area contributed by atoms with Gasteiger partial charge in [0.15, 0.2) is 17.5 Å². The predicted molar refractivity (Wildman–Crippen MR) is 115 cm³/mol. The molecular weight excluding hydrogens is 445 g/mol. The van der Waals surface area contributed by atoms with E-state index in [1.165, 1.54) is 0 Å². The van der Waals surface area contributed by atoms with Crippen LogP contribution < -0.4 is 20.1 Å². The zero-order valence-electron chi connectivity index (χ0n) is 15.5. The van der Waals surface area contributed by atoms with Gasteiger partial charge in [-0.05, 0) is 31.5 Å². The molecule has 0 saturated carbocycles. The van der Waals surface area contributed by atoms with Crippen molar-refractivity contribution in [2.24, 2.45) is 4.99 Å². The molecule has 1 unspecified atom stereocenters. The lowest BCUT2D eigenvalue weighted by Gasteiger charge is -2.19. The van der Waals surface area contributed by atoms with E-state index in [0.717, 1.165) is 37.0 Å². The Bertz CT molecular complexity index is 649. The first kappa shape index (κ1) is 22.1. The summed E-state index contributed by atoms with van der Waals surface area (Å²) in [6.07, 6.45) is 4.69. The molecule has 0 saturated heterocycles. The molecule has 0 radical (unpaired) electrons. The third-order valence-corrected chi connectivity index (χ3v) is 3.59. The lowest BCUT2D eigenvalue weighted by molar-refractivity contribution is 0.213. The molecule has 0 amide bonds. The summed E-state index contributed by atoms with van der Waals surface area (Å²) in [4.78, 5) is 4.23. The number of ether oxygens (including phenoxy) is 2. The number of nitrogens with one attached hydrogen (secondary N) is 2. The fraction of sp³-hybridized carbons (Fsp3) is 0.444. The Hall–Kier alpha value is -1.97. The minimum atomic E-state index is -0.0288. The number of guanidine groups is 1. The summed E-state index contributed by atoms with van der Waals surface area (Å²) in [5.41, 5.74) is 0. The van der Waals surface area contributed by atoms with Gasteiger partial charge in [0.2, 0.25) is 0 Å². The molecule has 0 spiro atoms. The highest BCUT2D eigenvalue weighted by molar-refractivity contribution is 14.0. The largest absolute Gasteiger partial charge is 0.493 e. The van der Waals surface area contributed by atoms with Gasteiger partial charge in [-0.25, -0.2) is 0 Å². The Balaban J connectivity index is 0.00000338. The summed E-state index contributed by atoms with van der Waals surface area (Å²) < 4.78 is 13.1. The van der Waals surface area contributed by atoms with Crippen molar-refractivity contribution in [2.45, 2.75) is 26.0 Å². The molecule has 1 aromatic carbocycles. The van der Waals surface area contributed by atoms with Crippen LogP contribution in [-0.2, 0) is 6.54 Å². The van der Waals surface area contributed by atoms with Gasteiger partial charge < -0.3 is 20.1 Å². The topological polar surface area (TPSA) is 72.7 Å². The molecule has 1 aromatic heterocycles. The van der Waals surface area contributed by atoms with Crippen LogP contribution in [0.5, 0.6) is 11.5 Å². The molecule has 26 heavy (non-hydrogen) atoms. The van der Waals surface area contributed by atoms with Crippen molar-refractivity contribution in [3.63, 3.8) is 0 Å². The van der Waals surface area contributed by atoms with Gasteiger partial charge in [0.1, 0.15) is 6.10 Å². The standard InChI is InChI=1S/C18H27N5O2.HI/c1-15(25-17-9-5-4-8-16(17)24-3)14-21-18(19-2)20-10-6-12-23-13-7-11-22-23;/h4-5,7-9,11,13,15H,6,10,12,14H2,1-3H3,(H2,19,20,21);1H. The predicted octanol–water partition coefficient (Wildman–Crippen LogP) is 2.53. The van der Waals surface area contributed by atoms with Crippen molar-refractivity contribution in [2.75, 3.05) is 27.2 Å². The van der Waals surface area contributed by atoms with Gasteiger partial charge in [0, 0.05) is 32.5 Å². The van der Waals surface area contributed by atoms with Crippen LogP contribution >= 0.6 is 24.0 Å². The van der Waals surface area contributed by atoms with Crippen LogP contribution in [0.4, 0.5) is 0 Å². The van der Waals surface area contributed by atoms with Crippen molar-refractivity contribution in [3.05, 3.63) is 42.7 Å². The van der Waals surface area contributed by atoms with Crippen LogP contribution in [0.1, 0.15) is 13.3 Å². The van der Waals surface area contributed by atoms with Gasteiger partial charge in [-0.2, -0.15) is 5.10 Å². The number of aliphatic imine (C=N–C) groups is 1. The van der Waals surface area contributed by atoms with Crippen molar-refractivity contribution in [1.29, 1.82) is 0 Å². The van der Waals surface area contributed by atoms with E-state index >= 15 is 0 Å². The van der Waals surface area contributed by atoms with Gasteiger partial charge in [0.05, 0.1) is 13.7 Å². The molecule has 144 valence electrons. The highest BCUT2D eigenvalue weighted by atomic mass is 127. The van der Waals surface area contributed by atoms with Crippen molar-refractivity contribution < 1.29 is 9.47 Å². The van der Waals surface area contributed by atoms with Gasteiger partial charge in [-0.15, -0.1) is 24.0 Å². The van der Waals surface area contributed by atoms with E-state index in [1.54, 1.807) is 20.4 Å². The highest BCUT2D eigenvalue weighted by Crippen LogP contribution is 2.26. The van der Waals surface area contributed by atoms with Crippen LogP contribution in [0.25, 0.3) is 0 Å². The summed E-state index contributed by atoms with van der Waals surface area (Å²) in [6, 6.07) is 9.56. The molecule has 2 aromatic rings. The second-order valence-corrected chi connectivity index (χ2v) is 5.58. The van der Waals surface area contributed by atoms with Crippen molar-refractivity contribution in [1.82, 2.24) is 20.4 Å². The average Bonchev–Trinajstić information content (AvgIpc) is 3.15. The van der Waals surface area contributed by atoms with E-state index in [0.29, 0.717) is 6.54 Å². The third kappa shape index (κ3) is 7.51. The number of halogens is 1. The first-order valence-corrected chi connectivity index (χ1v) is 8.44. The monoisotopic (exact) mass is 473 g/mol. The van der Waals surface area contributed by atoms with E-state index in [1.807, 2.05) is 48.1 Å². The summed E-state index contributed by atoms with van der Waals surface area (Å²) in [5, 5.41) is 10.7. The molecule has 0 aliphatic rings. The summed E-state index contributed by atoms with van der Waals surface area (Å²) >= 11 is 0. The Morgan fingerprint density at radius 3 is 2.65 bits per heavy atom. The van der Waals surface area contributed by atoms with E-state index in [2.05, 4.69) is 20.7 Å². The normalized spacial score (nSPS) is 12.0. The van der Waals surface area contributed by atoms with E-state index in [4.69, 9.17) is 9.47 Å². The molecule has 2 rings (SSSR count). The van der Waals surface area contributed by atoms with Gasteiger partial charge in [-0.1, -0.05) is 12.1 Å². The lowest BCUT2D eigenvalue weighted by atomic mass is 10.3. The zero-order valence-corrected chi connectivity index (χ0v) is 17.8. The number of aromatic nitrogens is 2. The smallest absolute Gasteiger partial charge is 0.191 e. The van der Waals surface area contributed by atoms with E-state index in [9.17, 15) is 0 Å². The quantitative estimate of drug-likeness (QED) is 0.254. The van der Waals surface area contributed by atoms with E-state index in [-0.39, 0.29) is 30.1 Å². The molecular formula is C18H28IN5O2. The summed E-state index contributed by atoms with van der Waals surface area (Å²) in [7, 11) is 3.40. The number of methoxy groups -OCH3 is 1. The SMILES string of the molecule is CN=C(NCCCn1cccn1)NCC(C)Oc1ccccc1OC.I. The Morgan fingerprint density at radius 2 is 2.00 bits per heavy atom. The Labute approximate surface area is 172 Å². The maximum Gasteiger partial charge on any atom is 0.191 e. The summed E-state index contributed by atoms with van der Waals surface area (Å²) in [5.74, 6) is 2.23. The second-order valence-electron chi connectivity index (χ2n) is 5.58. The maximum absolute atomic E-state index is 5.92. The number of para-hydroxylation sites is 2. The molecule has 1 atom stereocenters. The maximum atomic E-state index is 5.92. The van der Waals surface area contributed by atoms with Crippen LogP contribution in [-0.4, -0.2) is 49.1 Å². The van der Waals surface area contributed by atoms with E-state index < -0.39 is 0 Å². The van der Waals surface area contributed by atoms with Crippen LogP contribution in [0.15, 0.2) is 47.7 Å². The molecule has 0 aliphatic carbocycles. The second kappa shape index (κ2) is 12.4. The molecule has 0 aliphatic heterocycles. The molecule has 8 heteroatoms. The first-order valence-electron chi connectivity index (χ1n) is 8.44. The van der Waals surface area contributed by atoms with Crippen molar-refractivity contribution in [3.8, 4) is 11.5 Å². The zero-order chi connectivity index (χ0) is 17.9. The number of aryl methyl sites for hydroxylation is 1. The number of rotatable bonds is 9. The highest BCUT2D eigenvalue weighted by Gasteiger charge is 2.09. The third-order valence-electron chi connectivity index (χ3n) is 3.59. The Kier molecular flexibility index (Phi) is 10.5. The molecule has 0 bridgehead atoms. The molecule has 0 fully saturated rings. The van der Waals surface area contributed by atoms with Gasteiger partial charge in [-0.3, -0.25) is 9.67 Å². The minimum Gasteiger partial charge on any atom is -0.493 e. The molecule has 2 N–H and O–H groups in total. The lowest BCUT2D eigenvalue weighted by Crippen LogP contribution is -2.42. The number of hydrogen-bond donors (Lipinski definition) is 2. The number of nitrogens with zero attached hydrogens (tertiary/aromatic N) is 3. The van der Waals surface area contributed by atoms with Crippen LogP contribution in [0, 0.1) is 0 Å². The summed E-state index contributed by atoms with van der Waals surface area (Å²) in [6.45, 7) is 4.34. The Morgan fingerprint density at radius 1 is 1.23 bits per heavy atom. The van der Waals surface area contributed by atoms with Crippen molar-refractivity contribution >= 4 is 29.9 Å². The first-order chi connectivity index (χ1) is 12.2. The minimum absolute atomic E-state index is 0. The number of benzene rings is 1. The fourth-order valence-corrected chi connectivity index (χ4v) is 2.32. The van der Waals surface area contributed by atoms with Gasteiger partial charge in [0.25, 0.3) is 0 Å². The fourth-order valence-electron chi connectivity index (χ4n) is 2.32. The number of hydrogen-bond acceptors (Lipinski definition) is 4. The molecule has 7 nitrogen and oxygen atoms in total. The van der Waals surface area contributed by atoms with Gasteiger partial charge >= 0.3 is 0 Å². The average molecular weight is 473 g/mol.